The van der Waals surface area contributed by atoms with Gasteiger partial charge in [-0.25, -0.2) is 9.48 Å². The van der Waals surface area contributed by atoms with Crippen LogP contribution in [0.2, 0.25) is 0 Å². The number of hydrogen-bond acceptors (Lipinski definition) is 6. The Morgan fingerprint density at radius 2 is 2.15 bits per heavy atom. The number of rotatable bonds is 8. The smallest absolute Gasteiger partial charge is 0.360 e. The first kappa shape index (κ1) is 16.6. The van der Waals surface area contributed by atoms with E-state index in [0.29, 0.717) is 24.6 Å². The van der Waals surface area contributed by atoms with Crippen molar-refractivity contribution in [2.45, 2.75) is 39.8 Å². The molecule has 1 aromatic rings. The molecule has 0 spiro atoms. The van der Waals surface area contributed by atoms with Crippen LogP contribution >= 0.6 is 0 Å². The number of hydrogen-bond donors (Lipinski definition) is 1. The van der Waals surface area contributed by atoms with E-state index in [2.05, 4.69) is 10.3 Å². The van der Waals surface area contributed by atoms with E-state index in [-0.39, 0.29) is 18.8 Å². The van der Waals surface area contributed by atoms with Gasteiger partial charge in [-0.2, -0.15) is 0 Å². The number of methoxy groups -OCH3 is 1. The first-order valence-corrected chi connectivity index (χ1v) is 6.76. The summed E-state index contributed by atoms with van der Waals surface area (Å²) >= 11 is 0. The Hall–Kier alpha value is -1.47. The zero-order valence-corrected chi connectivity index (χ0v) is 12.5. The third kappa shape index (κ3) is 4.57. The fourth-order valence-corrected chi connectivity index (χ4v) is 1.87. The molecule has 20 heavy (non-hydrogen) atoms. The van der Waals surface area contributed by atoms with Crippen molar-refractivity contribution >= 4 is 5.97 Å². The second kappa shape index (κ2) is 7.96. The van der Waals surface area contributed by atoms with Crippen molar-refractivity contribution in [3.05, 3.63) is 11.4 Å². The second-order valence-corrected chi connectivity index (χ2v) is 4.99. The largest absolute Gasteiger partial charge is 0.461 e. The number of ether oxygens (including phenoxy) is 2. The van der Waals surface area contributed by atoms with Crippen molar-refractivity contribution in [1.82, 2.24) is 15.0 Å². The molecule has 1 atom stereocenters. The van der Waals surface area contributed by atoms with Gasteiger partial charge in [0.25, 0.3) is 0 Å². The van der Waals surface area contributed by atoms with E-state index in [1.807, 2.05) is 13.8 Å². The summed E-state index contributed by atoms with van der Waals surface area (Å²) in [5.74, 6) is -0.143. The number of esters is 1. The molecule has 0 saturated carbocycles. The molecule has 114 valence electrons. The Labute approximate surface area is 118 Å². The minimum Gasteiger partial charge on any atom is -0.461 e. The predicted molar refractivity (Wildman–Crippen MR) is 72.4 cm³/mol. The highest BCUT2D eigenvalue weighted by atomic mass is 16.5. The van der Waals surface area contributed by atoms with Crippen molar-refractivity contribution in [2.24, 2.45) is 5.92 Å². The Bertz CT molecular complexity index is 431. The van der Waals surface area contributed by atoms with Crippen LogP contribution in [0.25, 0.3) is 0 Å². The van der Waals surface area contributed by atoms with Gasteiger partial charge in [0.2, 0.25) is 0 Å². The number of aliphatic hydroxyl groups is 1. The molecule has 0 bridgehead atoms. The summed E-state index contributed by atoms with van der Waals surface area (Å²) in [4.78, 5) is 11.8. The summed E-state index contributed by atoms with van der Waals surface area (Å²) in [6, 6.07) is 0. The monoisotopic (exact) mass is 285 g/mol. The molecule has 0 fully saturated rings. The molecule has 1 heterocycles. The highest BCUT2D eigenvalue weighted by Gasteiger charge is 2.22. The van der Waals surface area contributed by atoms with Gasteiger partial charge in [0, 0.05) is 7.11 Å². The molecular formula is C13H23N3O4. The standard InChI is InChI=1S/C13H23N3O4/c1-5-20-13(18)12-11(6-9(2)3)16(15-14-12)7-10(17)8-19-4/h9-10,17H,5-8H2,1-4H3. The molecule has 0 amide bonds. The maximum absolute atomic E-state index is 11.8. The predicted octanol–water partition coefficient (Wildman–Crippen LogP) is 0.661. The quantitative estimate of drug-likeness (QED) is 0.706. The van der Waals surface area contributed by atoms with Crippen molar-refractivity contribution in [3.8, 4) is 0 Å². The van der Waals surface area contributed by atoms with Crippen LogP contribution < -0.4 is 0 Å². The van der Waals surface area contributed by atoms with E-state index in [1.54, 1.807) is 11.6 Å². The highest BCUT2D eigenvalue weighted by molar-refractivity contribution is 5.88. The van der Waals surface area contributed by atoms with Crippen LogP contribution in [0, 0.1) is 5.92 Å². The number of carbonyl (C=O) groups is 1. The second-order valence-electron chi connectivity index (χ2n) is 4.99. The molecule has 0 saturated heterocycles. The fraction of sp³-hybridized carbons (Fsp3) is 0.769. The minimum absolute atomic E-state index is 0.204. The average Bonchev–Trinajstić information content (AvgIpc) is 2.72. The van der Waals surface area contributed by atoms with Gasteiger partial charge in [-0.15, -0.1) is 5.10 Å². The van der Waals surface area contributed by atoms with Crippen LogP contribution in [0.15, 0.2) is 0 Å². The summed E-state index contributed by atoms with van der Waals surface area (Å²) in [6.07, 6.45) is -0.0523. The summed E-state index contributed by atoms with van der Waals surface area (Å²) in [7, 11) is 1.52. The van der Waals surface area contributed by atoms with Crippen molar-refractivity contribution in [1.29, 1.82) is 0 Å². The van der Waals surface area contributed by atoms with E-state index in [9.17, 15) is 9.90 Å². The first-order chi connectivity index (χ1) is 9.49. The van der Waals surface area contributed by atoms with Gasteiger partial charge in [0.05, 0.1) is 31.6 Å². The van der Waals surface area contributed by atoms with E-state index in [4.69, 9.17) is 9.47 Å². The molecule has 1 unspecified atom stereocenters. The zero-order valence-electron chi connectivity index (χ0n) is 12.5. The molecule has 1 N–H and O–H groups in total. The lowest BCUT2D eigenvalue weighted by molar-refractivity contribution is 0.0496. The molecule has 7 heteroatoms. The fourth-order valence-electron chi connectivity index (χ4n) is 1.87. The van der Waals surface area contributed by atoms with Crippen LogP contribution in [0.4, 0.5) is 0 Å². The van der Waals surface area contributed by atoms with Crippen LogP contribution in [0.3, 0.4) is 0 Å². The number of nitrogens with zero attached hydrogens (tertiary/aromatic N) is 3. The van der Waals surface area contributed by atoms with Gasteiger partial charge in [0.1, 0.15) is 0 Å². The van der Waals surface area contributed by atoms with Gasteiger partial charge in [-0.3, -0.25) is 0 Å². The van der Waals surface area contributed by atoms with Crippen LogP contribution in [-0.4, -0.2) is 52.5 Å². The zero-order chi connectivity index (χ0) is 15.1. The summed E-state index contributed by atoms with van der Waals surface area (Å²) < 4.78 is 11.4. The summed E-state index contributed by atoms with van der Waals surface area (Å²) in [5, 5.41) is 17.6. The maximum Gasteiger partial charge on any atom is 0.360 e. The number of aromatic nitrogens is 3. The molecule has 0 aliphatic rings. The Morgan fingerprint density at radius 1 is 1.45 bits per heavy atom. The Balaban J connectivity index is 2.96. The molecular weight excluding hydrogens is 262 g/mol. The van der Waals surface area contributed by atoms with Gasteiger partial charge in [0.15, 0.2) is 5.69 Å². The van der Waals surface area contributed by atoms with Gasteiger partial charge >= 0.3 is 5.97 Å². The molecule has 0 aliphatic heterocycles. The molecule has 0 aromatic carbocycles. The van der Waals surface area contributed by atoms with Crippen molar-refractivity contribution < 1.29 is 19.4 Å². The Morgan fingerprint density at radius 3 is 2.70 bits per heavy atom. The van der Waals surface area contributed by atoms with E-state index < -0.39 is 12.1 Å². The third-order valence-electron chi connectivity index (χ3n) is 2.65. The van der Waals surface area contributed by atoms with E-state index >= 15 is 0 Å². The lowest BCUT2D eigenvalue weighted by Crippen LogP contribution is -2.24. The first-order valence-electron chi connectivity index (χ1n) is 6.76. The van der Waals surface area contributed by atoms with Crippen LogP contribution in [0.1, 0.15) is 37.0 Å². The molecule has 0 radical (unpaired) electrons. The maximum atomic E-state index is 11.8. The Kier molecular flexibility index (Phi) is 6.60. The van der Waals surface area contributed by atoms with Crippen LogP contribution in [-0.2, 0) is 22.4 Å². The molecule has 0 aliphatic carbocycles. The van der Waals surface area contributed by atoms with Gasteiger partial charge < -0.3 is 14.6 Å². The topological polar surface area (TPSA) is 86.5 Å². The van der Waals surface area contributed by atoms with Crippen molar-refractivity contribution in [2.75, 3.05) is 20.3 Å². The number of carbonyl (C=O) groups excluding carboxylic acids is 1. The molecule has 1 aromatic heterocycles. The molecule has 1 rings (SSSR count). The van der Waals surface area contributed by atoms with Crippen molar-refractivity contribution in [3.63, 3.8) is 0 Å². The van der Waals surface area contributed by atoms with E-state index in [0.717, 1.165) is 0 Å². The highest BCUT2D eigenvalue weighted by Crippen LogP contribution is 2.13. The lowest BCUT2D eigenvalue weighted by Gasteiger charge is -2.13. The van der Waals surface area contributed by atoms with Crippen LogP contribution in [0.5, 0.6) is 0 Å². The SMILES string of the molecule is CCOC(=O)c1nnn(CC(O)COC)c1CC(C)C. The minimum atomic E-state index is -0.692. The summed E-state index contributed by atoms with van der Waals surface area (Å²) in [6.45, 7) is 6.56. The number of aliphatic hydroxyl groups excluding tert-OH is 1. The van der Waals surface area contributed by atoms with Gasteiger partial charge in [-0.1, -0.05) is 19.1 Å². The molecule has 7 nitrogen and oxygen atoms in total. The van der Waals surface area contributed by atoms with Gasteiger partial charge in [-0.05, 0) is 19.3 Å². The average molecular weight is 285 g/mol. The summed E-state index contributed by atoms with van der Waals surface area (Å²) in [5.41, 5.74) is 0.916. The normalized spacial score (nSPS) is 12.7. The third-order valence-corrected chi connectivity index (χ3v) is 2.65. The lowest BCUT2D eigenvalue weighted by atomic mass is 10.1. The van der Waals surface area contributed by atoms with E-state index in [1.165, 1.54) is 7.11 Å².